The van der Waals surface area contributed by atoms with Crippen molar-refractivity contribution in [3.05, 3.63) is 59.4 Å². The van der Waals surface area contributed by atoms with Crippen LogP contribution in [0.25, 0.3) is 11.1 Å². The van der Waals surface area contributed by atoms with Gasteiger partial charge >= 0.3 is 0 Å². The summed E-state index contributed by atoms with van der Waals surface area (Å²) in [5.41, 5.74) is 11.3. The number of rotatable bonds is 9. The third-order valence-electron chi connectivity index (χ3n) is 6.96. The molecule has 1 aromatic carbocycles. The standard InChI is InChI=1S/C28H41N3O3.2C2H6/c1-7-21-12-19(4)13-26(34-21)33-17-20(29)15-31(30)27-25(16-32)24(14-28(27,5)6)23-11-9-8-10-22(23)18(2)3;2*1-2/h8-11,15-16,19,21,26-27H,2,7,12-14,17,29-30H2,1,3-6H3;2*1-2H3/b20-15-;;. The van der Waals surface area contributed by atoms with Crippen molar-refractivity contribution < 1.29 is 14.3 Å². The highest BCUT2D eigenvalue weighted by atomic mass is 16.7. The first-order chi connectivity index (χ1) is 18.1. The van der Waals surface area contributed by atoms with Crippen LogP contribution in [0.15, 0.2) is 48.3 Å². The molecule has 2 aliphatic rings. The minimum absolute atomic E-state index is 0.222. The highest BCUT2D eigenvalue weighted by molar-refractivity contribution is 5.94. The van der Waals surface area contributed by atoms with Gasteiger partial charge in [-0.3, -0.25) is 4.79 Å². The smallest absolute Gasteiger partial charge is 0.158 e. The Kier molecular flexibility index (Phi) is 14.0. The predicted molar refractivity (Wildman–Crippen MR) is 161 cm³/mol. The van der Waals surface area contributed by atoms with Crippen LogP contribution in [0.5, 0.6) is 0 Å². The van der Waals surface area contributed by atoms with E-state index < -0.39 is 0 Å². The van der Waals surface area contributed by atoms with E-state index >= 15 is 0 Å². The molecular weight excluding hydrogens is 474 g/mol. The molecule has 1 aliphatic heterocycles. The molecule has 0 saturated carbocycles. The zero-order valence-electron chi connectivity index (χ0n) is 25.3. The SMILES string of the molecule is C=C(C)c1ccccc1C1=C(C=O)C(N(N)/C=C(\N)COC2CC(C)CC(CC)O2)C(C)(C)C1.CC.CC. The molecule has 0 bridgehead atoms. The van der Waals surface area contributed by atoms with E-state index in [1.165, 1.54) is 0 Å². The van der Waals surface area contributed by atoms with Crippen LogP contribution in [0, 0.1) is 11.3 Å². The topological polar surface area (TPSA) is 90.8 Å². The largest absolute Gasteiger partial charge is 0.399 e. The Morgan fingerprint density at radius 2 is 1.84 bits per heavy atom. The van der Waals surface area contributed by atoms with Crippen molar-refractivity contribution in [2.24, 2.45) is 22.9 Å². The van der Waals surface area contributed by atoms with Crippen LogP contribution in [0.2, 0.25) is 0 Å². The number of nitrogens with two attached hydrogens (primary N) is 2. The van der Waals surface area contributed by atoms with Gasteiger partial charge in [-0.25, -0.2) is 5.84 Å². The molecule has 6 heteroatoms. The van der Waals surface area contributed by atoms with Crippen LogP contribution >= 0.6 is 0 Å². The van der Waals surface area contributed by atoms with Gasteiger partial charge < -0.3 is 20.2 Å². The second-order valence-corrected chi connectivity index (χ2v) is 10.6. The van der Waals surface area contributed by atoms with Gasteiger partial charge in [0, 0.05) is 18.2 Å². The first kappa shape index (κ1) is 33.6. The summed E-state index contributed by atoms with van der Waals surface area (Å²) < 4.78 is 12.0. The van der Waals surface area contributed by atoms with Crippen molar-refractivity contribution >= 4 is 17.4 Å². The lowest BCUT2D eigenvalue weighted by Gasteiger charge is -2.35. The summed E-state index contributed by atoms with van der Waals surface area (Å²) >= 11 is 0. The molecular formula is C32H53N3O3. The van der Waals surface area contributed by atoms with Gasteiger partial charge in [-0.05, 0) is 54.2 Å². The molecule has 1 aromatic rings. The van der Waals surface area contributed by atoms with E-state index in [1.807, 2.05) is 52.8 Å². The normalized spacial score (nSPS) is 24.5. The van der Waals surface area contributed by atoms with E-state index in [-0.39, 0.29) is 30.5 Å². The van der Waals surface area contributed by atoms with Gasteiger partial charge in [0.15, 0.2) is 6.29 Å². The van der Waals surface area contributed by atoms with E-state index in [1.54, 1.807) is 11.2 Å². The van der Waals surface area contributed by atoms with Crippen LogP contribution in [0.3, 0.4) is 0 Å². The number of carbonyl (C=O) groups excluding carboxylic acids is 1. The molecule has 1 aliphatic carbocycles. The summed E-state index contributed by atoms with van der Waals surface area (Å²) in [7, 11) is 0. The summed E-state index contributed by atoms with van der Waals surface area (Å²) in [6, 6.07) is 7.76. The molecule has 1 fully saturated rings. The van der Waals surface area contributed by atoms with Crippen LogP contribution in [0.4, 0.5) is 0 Å². The molecule has 3 rings (SSSR count). The van der Waals surface area contributed by atoms with Crippen molar-refractivity contribution in [1.82, 2.24) is 5.01 Å². The Morgan fingerprint density at radius 3 is 2.42 bits per heavy atom. The maximum absolute atomic E-state index is 12.3. The quantitative estimate of drug-likeness (QED) is 0.203. The fraction of sp³-hybridized carbons (Fsp3) is 0.594. The minimum atomic E-state index is -0.313. The van der Waals surface area contributed by atoms with Crippen LogP contribution in [-0.2, 0) is 14.3 Å². The van der Waals surface area contributed by atoms with E-state index in [4.69, 9.17) is 21.1 Å². The van der Waals surface area contributed by atoms with Gasteiger partial charge in [-0.2, -0.15) is 0 Å². The van der Waals surface area contributed by atoms with Crippen molar-refractivity contribution in [2.75, 3.05) is 6.61 Å². The average molecular weight is 528 g/mol. The maximum Gasteiger partial charge on any atom is 0.158 e. The molecule has 1 saturated heterocycles. The molecule has 214 valence electrons. The third-order valence-corrected chi connectivity index (χ3v) is 6.96. The highest BCUT2D eigenvalue weighted by Crippen LogP contribution is 2.48. The minimum Gasteiger partial charge on any atom is -0.399 e. The Hall–Kier alpha value is -2.41. The lowest BCUT2D eigenvalue weighted by atomic mass is 9.83. The molecule has 4 atom stereocenters. The lowest BCUT2D eigenvalue weighted by Crippen LogP contribution is -2.46. The highest BCUT2D eigenvalue weighted by Gasteiger charge is 2.44. The lowest BCUT2D eigenvalue weighted by molar-refractivity contribution is -0.200. The fourth-order valence-corrected chi connectivity index (χ4v) is 5.37. The first-order valence-corrected chi connectivity index (χ1v) is 14.3. The maximum atomic E-state index is 12.3. The van der Waals surface area contributed by atoms with Crippen LogP contribution in [0.1, 0.15) is 99.1 Å². The van der Waals surface area contributed by atoms with E-state index in [2.05, 4.69) is 40.3 Å². The second kappa shape index (κ2) is 15.9. The van der Waals surface area contributed by atoms with Gasteiger partial charge in [-0.1, -0.05) is 91.8 Å². The molecule has 0 radical (unpaired) electrons. The van der Waals surface area contributed by atoms with Crippen molar-refractivity contribution in [1.29, 1.82) is 0 Å². The Balaban J connectivity index is 0.00000172. The van der Waals surface area contributed by atoms with Crippen LogP contribution in [-0.4, -0.2) is 36.3 Å². The summed E-state index contributed by atoms with van der Waals surface area (Å²) in [4.78, 5) is 12.3. The summed E-state index contributed by atoms with van der Waals surface area (Å²) in [6.07, 6.45) is 6.21. The molecule has 4 unspecified atom stereocenters. The summed E-state index contributed by atoms with van der Waals surface area (Å²) in [5, 5.41) is 1.57. The monoisotopic (exact) mass is 527 g/mol. The predicted octanol–water partition coefficient (Wildman–Crippen LogP) is 7.07. The third kappa shape index (κ3) is 8.55. The number of benzene rings is 1. The Morgan fingerprint density at radius 1 is 1.21 bits per heavy atom. The summed E-state index contributed by atoms with van der Waals surface area (Å²) in [6.45, 7) is 22.9. The van der Waals surface area contributed by atoms with E-state index in [9.17, 15) is 4.79 Å². The molecule has 1 heterocycles. The number of ether oxygens (including phenoxy) is 2. The second-order valence-electron chi connectivity index (χ2n) is 10.6. The molecule has 0 aromatic heterocycles. The summed E-state index contributed by atoms with van der Waals surface area (Å²) in [5.74, 6) is 7.07. The fourth-order valence-electron chi connectivity index (χ4n) is 5.37. The number of allylic oxidation sites excluding steroid dienone is 2. The number of aldehydes is 1. The van der Waals surface area contributed by atoms with E-state index in [0.717, 1.165) is 54.2 Å². The number of carbonyl (C=O) groups is 1. The number of hydrogen-bond acceptors (Lipinski definition) is 6. The molecule has 38 heavy (non-hydrogen) atoms. The molecule has 0 spiro atoms. The van der Waals surface area contributed by atoms with Crippen molar-refractivity contribution in [3.63, 3.8) is 0 Å². The number of nitrogens with zero attached hydrogens (tertiary/aromatic N) is 1. The number of hydrazine groups is 1. The Bertz CT molecular complexity index is 966. The van der Waals surface area contributed by atoms with Crippen molar-refractivity contribution in [2.45, 2.75) is 106 Å². The first-order valence-electron chi connectivity index (χ1n) is 14.3. The van der Waals surface area contributed by atoms with Gasteiger partial charge in [0.2, 0.25) is 0 Å². The average Bonchev–Trinajstić information content (AvgIpc) is 3.19. The van der Waals surface area contributed by atoms with Gasteiger partial charge in [0.1, 0.15) is 6.29 Å². The zero-order chi connectivity index (χ0) is 29.0. The number of hydrogen-bond donors (Lipinski definition) is 2. The zero-order valence-corrected chi connectivity index (χ0v) is 25.3. The molecule has 6 nitrogen and oxygen atoms in total. The molecule has 0 amide bonds. The van der Waals surface area contributed by atoms with Gasteiger partial charge in [0.05, 0.1) is 24.4 Å². The van der Waals surface area contributed by atoms with Gasteiger partial charge in [-0.15, -0.1) is 0 Å². The van der Waals surface area contributed by atoms with Crippen molar-refractivity contribution in [3.8, 4) is 0 Å². The van der Waals surface area contributed by atoms with Crippen LogP contribution < -0.4 is 11.6 Å². The van der Waals surface area contributed by atoms with E-state index in [0.29, 0.717) is 17.2 Å². The molecule has 4 N–H and O–H groups in total. The Labute approximate surface area is 232 Å². The van der Waals surface area contributed by atoms with Gasteiger partial charge in [0.25, 0.3) is 0 Å².